The summed E-state index contributed by atoms with van der Waals surface area (Å²) in [4.78, 5) is 2.50. The van der Waals surface area contributed by atoms with Crippen molar-refractivity contribution in [2.24, 2.45) is 11.3 Å². The third kappa shape index (κ3) is 7.41. The van der Waals surface area contributed by atoms with E-state index in [-0.39, 0.29) is 0 Å². The summed E-state index contributed by atoms with van der Waals surface area (Å²) in [5.74, 6) is 0.921. The first kappa shape index (κ1) is 20.3. The van der Waals surface area contributed by atoms with Gasteiger partial charge in [-0.1, -0.05) is 61.3 Å². The first-order valence-electron chi connectivity index (χ1n) is 8.30. The molecule has 1 heterocycles. The number of hydrogen-bond acceptors (Lipinski definition) is 1. The lowest BCUT2D eigenvalue weighted by Gasteiger charge is -2.28. The van der Waals surface area contributed by atoms with Gasteiger partial charge in [-0.2, -0.15) is 0 Å². The molecule has 1 nitrogen and oxygen atoms in total. The molecule has 0 radical (unpaired) electrons. The largest absolute Gasteiger partial charge is 0.306 e. The Morgan fingerprint density at radius 1 is 1.11 bits per heavy atom. The van der Waals surface area contributed by atoms with Gasteiger partial charge in [0.05, 0.1) is 0 Å². The number of likely N-dealkylation sites (tertiary alicyclic amines) is 1. The maximum absolute atomic E-state index is 2.50. The van der Waals surface area contributed by atoms with Crippen molar-refractivity contribution in [1.82, 2.24) is 4.90 Å². The average molecular weight is 258 g/mol. The van der Waals surface area contributed by atoms with E-state index < -0.39 is 0 Å². The fourth-order valence-corrected chi connectivity index (χ4v) is 2.58. The van der Waals surface area contributed by atoms with E-state index in [0.29, 0.717) is 5.41 Å². The Morgan fingerprint density at radius 2 is 1.67 bits per heavy atom. The first-order valence-corrected chi connectivity index (χ1v) is 8.30. The number of rotatable bonds is 5. The minimum Gasteiger partial charge on any atom is -0.306 e. The van der Waals surface area contributed by atoms with Crippen molar-refractivity contribution in [2.45, 2.75) is 80.6 Å². The van der Waals surface area contributed by atoms with Gasteiger partial charge in [0, 0.05) is 6.54 Å². The van der Waals surface area contributed by atoms with E-state index in [9.17, 15) is 0 Å². The lowest BCUT2D eigenvalue weighted by molar-refractivity contribution is 0.230. The Balaban J connectivity index is 0. The molecule has 0 aromatic rings. The molecule has 0 saturated carbocycles. The van der Waals surface area contributed by atoms with Crippen molar-refractivity contribution in [2.75, 3.05) is 20.1 Å². The Bertz CT molecular complexity index is 167. The number of nitrogens with zero attached hydrogens (tertiary/aromatic N) is 1. The fourth-order valence-electron chi connectivity index (χ4n) is 2.58. The second-order valence-electron chi connectivity index (χ2n) is 5.39. The summed E-state index contributed by atoms with van der Waals surface area (Å²) >= 11 is 0. The van der Waals surface area contributed by atoms with Crippen LogP contribution >= 0.6 is 0 Å². The van der Waals surface area contributed by atoms with Crippen molar-refractivity contribution >= 4 is 0 Å². The molecule has 1 aliphatic rings. The molecule has 2 atom stereocenters. The molecular weight excluding hydrogens is 218 g/mol. The average Bonchev–Trinajstić information content (AvgIpc) is 2.83. The molecule has 0 aliphatic carbocycles. The lowest BCUT2D eigenvalue weighted by atomic mass is 9.78. The summed E-state index contributed by atoms with van der Waals surface area (Å²) < 4.78 is 0. The monoisotopic (exact) mass is 257 g/mol. The van der Waals surface area contributed by atoms with Crippen LogP contribution in [-0.2, 0) is 0 Å². The second kappa shape index (κ2) is 12.0. The van der Waals surface area contributed by atoms with Crippen LogP contribution in [0.15, 0.2) is 0 Å². The zero-order chi connectivity index (χ0) is 14.6. The van der Waals surface area contributed by atoms with Crippen LogP contribution in [0.25, 0.3) is 0 Å². The zero-order valence-corrected chi connectivity index (χ0v) is 14.5. The molecule has 1 rings (SSSR count). The third-order valence-corrected chi connectivity index (χ3v) is 4.24. The van der Waals surface area contributed by atoms with E-state index in [1.807, 2.05) is 27.7 Å². The zero-order valence-electron chi connectivity index (χ0n) is 14.5. The molecule has 0 bridgehead atoms. The van der Waals surface area contributed by atoms with Gasteiger partial charge in [-0.25, -0.2) is 0 Å². The quantitative estimate of drug-likeness (QED) is 0.620. The maximum atomic E-state index is 2.50. The first-order chi connectivity index (χ1) is 8.62. The summed E-state index contributed by atoms with van der Waals surface area (Å²) in [7, 11) is 2.26. The third-order valence-electron chi connectivity index (χ3n) is 4.24. The van der Waals surface area contributed by atoms with Crippen LogP contribution in [0.3, 0.4) is 0 Å². The van der Waals surface area contributed by atoms with Crippen LogP contribution in [0.2, 0.25) is 0 Å². The van der Waals surface area contributed by atoms with Gasteiger partial charge in [0.25, 0.3) is 0 Å². The highest BCUT2D eigenvalue weighted by molar-refractivity contribution is 4.87. The highest BCUT2D eigenvalue weighted by Gasteiger charge is 2.34. The summed E-state index contributed by atoms with van der Waals surface area (Å²) in [6.07, 6.45) is 7.01. The van der Waals surface area contributed by atoms with Gasteiger partial charge in [0.2, 0.25) is 0 Å². The normalized spacial score (nSPS) is 24.7. The predicted octanol–water partition coefficient (Wildman–Crippen LogP) is 5.60. The fraction of sp³-hybridized carbons (Fsp3) is 1.00. The van der Waals surface area contributed by atoms with Crippen molar-refractivity contribution < 1.29 is 0 Å². The minimum absolute atomic E-state index is 0.665. The van der Waals surface area contributed by atoms with Gasteiger partial charge in [0.15, 0.2) is 0 Å². The van der Waals surface area contributed by atoms with Gasteiger partial charge in [-0.3, -0.25) is 0 Å². The Kier molecular flexibility index (Phi) is 13.5. The molecule has 2 unspecified atom stereocenters. The molecule has 0 spiro atoms. The van der Waals surface area contributed by atoms with Crippen LogP contribution in [0.4, 0.5) is 0 Å². The van der Waals surface area contributed by atoms with Crippen LogP contribution in [0.5, 0.6) is 0 Å². The molecule has 0 amide bonds. The van der Waals surface area contributed by atoms with E-state index in [2.05, 4.69) is 32.7 Å². The van der Waals surface area contributed by atoms with E-state index in [4.69, 9.17) is 0 Å². The number of hydrogen-bond donors (Lipinski definition) is 0. The predicted molar refractivity (Wildman–Crippen MR) is 86.2 cm³/mol. The summed E-state index contributed by atoms with van der Waals surface area (Å²) in [6, 6.07) is 0. The van der Waals surface area contributed by atoms with Gasteiger partial charge in [-0.05, 0) is 44.2 Å². The molecule has 1 saturated heterocycles. The molecule has 1 aliphatic heterocycles. The SMILES string of the molecule is CC.CC.CCC(C)CCC1(CC)CCN(C)C1. The van der Waals surface area contributed by atoms with Crippen LogP contribution in [0.1, 0.15) is 80.6 Å². The van der Waals surface area contributed by atoms with Crippen molar-refractivity contribution in [3.05, 3.63) is 0 Å². The van der Waals surface area contributed by atoms with E-state index in [1.165, 1.54) is 45.2 Å². The molecule has 0 aromatic heterocycles. The second-order valence-corrected chi connectivity index (χ2v) is 5.39. The van der Waals surface area contributed by atoms with Crippen LogP contribution in [0, 0.1) is 11.3 Å². The standard InChI is InChI=1S/C13H27N.2C2H6/c1-5-12(3)7-8-13(6-2)9-10-14(4)11-13;2*1-2/h12H,5-11H2,1-4H3;2*1-2H3. The summed E-state index contributed by atoms with van der Waals surface area (Å²) in [5, 5.41) is 0. The Morgan fingerprint density at radius 3 is 2.00 bits per heavy atom. The van der Waals surface area contributed by atoms with Crippen molar-refractivity contribution in [1.29, 1.82) is 0 Å². The maximum Gasteiger partial charge on any atom is 0.00353 e. The molecule has 0 N–H and O–H groups in total. The summed E-state index contributed by atoms with van der Waals surface area (Å²) in [6.45, 7) is 17.7. The Labute approximate surface area is 117 Å². The Hall–Kier alpha value is -0.0400. The topological polar surface area (TPSA) is 3.24 Å². The molecule has 1 heteroatoms. The summed E-state index contributed by atoms with van der Waals surface area (Å²) in [5.41, 5.74) is 0.665. The molecular formula is C17H39N. The highest BCUT2D eigenvalue weighted by atomic mass is 15.1. The van der Waals surface area contributed by atoms with Crippen LogP contribution < -0.4 is 0 Å². The van der Waals surface area contributed by atoms with Crippen molar-refractivity contribution in [3.63, 3.8) is 0 Å². The lowest BCUT2D eigenvalue weighted by Crippen LogP contribution is -2.25. The van der Waals surface area contributed by atoms with Gasteiger partial charge >= 0.3 is 0 Å². The molecule has 1 fully saturated rings. The van der Waals surface area contributed by atoms with E-state index in [0.717, 1.165) is 5.92 Å². The van der Waals surface area contributed by atoms with E-state index in [1.54, 1.807) is 0 Å². The van der Waals surface area contributed by atoms with Crippen molar-refractivity contribution in [3.8, 4) is 0 Å². The highest BCUT2D eigenvalue weighted by Crippen LogP contribution is 2.38. The molecule has 0 aromatic carbocycles. The van der Waals surface area contributed by atoms with Crippen LogP contribution in [-0.4, -0.2) is 25.0 Å². The molecule has 112 valence electrons. The minimum atomic E-state index is 0.665. The van der Waals surface area contributed by atoms with Gasteiger partial charge in [0.1, 0.15) is 0 Å². The van der Waals surface area contributed by atoms with Gasteiger partial charge in [-0.15, -0.1) is 0 Å². The van der Waals surface area contributed by atoms with Gasteiger partial charge < -0.3 is 4.90 Å². The smallest absolute Gasteiger partial charge is 0.00353 e. The molecule has 18 heavy (non-hydrogen) atoms. The van der Waals surface area contributed by atoms with E-state index >= 15 is 0 Å².